The molecule has 4 nitrogen and oxygen atoms in total. The Morgan fingerprint density at radius 3 is 2.65 bits per heavy atom. The molecule has 1 aromatic carbocycles. The van der Waals surface area contributed by atoms with Crippen LogP contribution >= 0.6 is 0 Å². The normalized spacial score (nSPS) is 14.5. The molecule has 2 unspecified atom stereocenters. The van der Waals surface area contributed by atoms with Gasteiger partial charge in [-0.1, -0.05) is 6.07 Å². The van der Waals surface area contributed by atoms with E-state index in [4.69, 9.17) is 5.11 Å². The number of nitrogens with one attached hydrogen (secondary N) is 1. The van der Waals surface area contributed by atoms with E-state index < -0.39 is 10.8 Å². The molecule has 17 heavy (non-hydrogen) atoms. The van der Waals surface area contributed by atoms with Gasteiger partial charge in [0.1, 0.15) is 0 Å². The molecule has 0 aliphatic carbocycles. The molecule has 0 bridgehead atoms. The van der Waals surface area contributed by atoms with Crippen LogP contribution in [-0.4, -0.2) is 32.5 Å². The van der Waals surface area contributed by atoms with Crippen LogP contribution in [0.15, 0.2) is 18.2 Å². The zero-order chi connectivity index (χ0) is 12.8. The van der Waals surface area contributed by atoms with E-state index in [2.05, 4.69) is 5.32 Å². The predicted molar refractivity (Wildman–Crippen MR) is 69.6 cm³/mol. The van der Waals surface area contributed by atoms with Crippen molar-refractivity contribution in [1.82, 2.24) is 5.32 Å². The first kappa shape index (κ1) is 14.0. The maximum Gasteiger partial charge on any atom is 0.157 e. The quantitative estimate of drug-likeness (QED) is 0.673. The lowest BCUT2D eigenvalue weighted by molar-refractivity contribution is 0.402. The molecular weight excluding hydrogens is 238 g/mol. The Hall–Kier alpha value is -1.07. The smallest absolute Gasteiger partial charge is 0.157 e. The van der Waals surface area contributed by atoms with Crippen LogP contribution in [0.4, 0.5) is 0 Å². The summed E-state index contributed by atoms with van der Waals surface area (Å²) >= 11 is 0. The Bertz CT molecular complexity index is 395. The van der Waals surface area contributed by atoms with E-state index in [0.717, 1.165) is 12.0 Å². The molecule has 0 saturated carbocycles. The molecule has 2 atom stereocenters. The molecule has 5 heteroatoms. The lowest BCUT2D eigenvalue weighted by Gasteiger charge is -2.13. The van der Waals surface area contributed by atoms with E-state index in [-0.39, 0.29) is 17.5 Å². The average Bonchev–Trinajstić information content (AvgIpc) is 2.28. The fraction of sp³-hybridized carbons (Fsp3) is 0.500. The molecule has 0 aliphatic heterocycles. The topological polar surface area (TPSA) is 69.6 Å². The van der Waals surface area contributed by atoms with Gasteiger partial charge in [-0.2, -0.15) is 0 Å². The van der Waals surface area contributed by atoms with Gasteiger partial charge in [-0.15, -0.1) is 0 Å². The van der Waals surface area contributed by atoms with Crippen molar-refractivity contribution in [2.75, 3.05) is 12.0 Å². The second kappa shape index (κ2) is 6.61. The SMILES string of the molecule is CC(CCS(C)=O)NCc1ccc(O)c(O)c1. The highest BCUT2D eigenvalue weighted by Crippen LogP contribution is 2.24. The first-order valence-electron chi connectivity index (χ1n) is 5.53. The molecule has 0 amide bonds. The Morgan fingerprint density at radius 1 is 1.35 bits per heavy atom. The molecule has 3 N–H and O–H groups in total. The molecule has 0 saturated heterocycles. The number of rotatable bonds is 6. The molecule has 96 valence electrons. The van der Waals surface area contributed by atoms with Gasteiger partial charge in [0.25, 0.3) is 0 Å². The van der Waals surface area contributed by atoms with Crippen molar-refractivity contribution in [1.29, 1.82) is 0 Å². The van der Waals surface area contributed by atoms with Crippen molar-refractivity contribution >= 4 is 10.8 Å². The third-order valence-electron chi connectivity index (χ3n) is 2.53. The third kappa shape index (κ3) is 5.19. The number of aromatic hydroxyl groups is 2. The summed E-state index contributed by atoms with van der Waals surface area (Å²) in [7, 11) is -0.754. The summed E-state index contributed by atoms with van der Waals surface area (Å²) in [5, 5.41) is 21.8. The minimum atomic E-state index is -0.754. The van der Waals surface area contributed by atoms with Gasteiger partial charge in [0, 0.05) is 35.4 Å². The van der Waals surface area contributed by atoms with Gasteiger partial charge in [-0.05, 0) is 31.0 Å². The Balaban J connectivity index is 2.39. The van der Waals surface area contributed by atoms with Gasteiger partial charge >= 0.3 is 0 Å². The van der Waals surface area contributed by atoms with Gasteiger partial charge in [-0.25, -0.2) is 0 Å². The maximum atomic E-state index is 10.9. The molecule has 0 aromatic heterocycles. The van der Waals surface area contributed by atoms with Gasteiger partial charge in [-0.3, -0.25) is 4.21 Å². The van der Waals surface area contributed by atoms with Crippen molar-refractivity contribution in [2.24, 2.45) is 0 Å². The minimum Gasteiger partial charge on any atom is -0.504 e. The van der Waals surface area contributed by atoms with E-state index in [1.54, 1.807) is 12.3 Å². The minimum absolute atomic E-state index is 0.105. The standard InChI is InChI=1S/C12H19NO3S/c1-9(5-6-17(2)16)13-8-10-3-4-11(14)12(15)7-10/h3-4,7,9,13-15H,5-6,8H2,1-2H3. The number of hydrogen-bond donors (Lipinski definition) is 3. The molecule has 0 spiro atoms. The zero-order valence-electron chi connectivity index (χ0n) is 10.1. The van der Waals surface area contributed by atoms with Crippen LogP contribution in [0.2, 0.25) is 0 Å². The second-order valence-electron chi connectivity index (χ2n) is 4.17. The first-order chi connectivity index (χ1) is 7.99. The summed E-state index contributed by atoms with van der Waals surface area (Å²) in [6.45, 7) is 2.65. The number of hydrogen-bond acceptors (Lipinski definition) is 4. The highest BCUT2D eigenvalue weighted by molar-refractivity contribution is 7.84. The molecule has 0 aliphatic rings. The summed E-state index contributed by atoms with van der Waals surface area (Å²) in [5.41, 5.74) is 0.907. The van der Waals surface area contributed by atoms with Gasteiger partial charge in [0.05, 0.1) is 0 Å². The van der Waals surface area contributed by atoms with E-state index in [1.165, 1.54) is 12.1 Å². The maximum absolute atomic E-state index is 10.9. The fourth-order valence-electron chi connectivity index (χ4n) is 1.42. The van der Waals surface area contributed by atoms with E-state index in [9.17, 15) is 9.32 Å². The van der Waals surface area contributed by atoms with Gasteiger partial charge in [0.15, 0.2) is 11.5 Å². The first-order valence-corrected chi connectivity index (χ1v) is 7.26. The molecule has 0 fully saturated rings. The zero-order valence-corrected chi connectivity index (χ0v) is 11.0. The fourth-order valence-corrected chi connectivity index (χ4v) is 2.10. The second-order valence-corrected chi connectivity index (χ2v) is 5.73. The average molecular weight is 257 g/mol. The monoisotopic (exact) mass is 257 g/mol. The van der Waals surface area contributed by atoms with E-state index >= 15 is 0 Å². The van der Waals surface area contributed by atoms with Crippen LogP contribution in [0.1, 0.15) is 18.9 Å². The number of phenolic OH excluding ortho intramolecular Hbond substituents is 2. The summed E-state index contributed by atoms with van der Waals surface area (Å²) in [4.78, 5) is 0. The van der Waals surface area contributed by atoms with Crippen molar-refractivity contribution in [3.05, 3.63) is 23.8 Å². The number of benzene rings is 1. The van der Waals surface area contributed by atoms with Crippen LogP contribution in [0.3, 0.4) is 0 Å². The number of phenols is 2. The van der Waals surface area contributed by atoms with Crippen LogP contribution in [0, 0.1) is 0 Å². The van der Waals surface area contributed by atoms with Gasteiger partial charge in [0.2, 0.25) is 0 Å². The summed E-state index contributed by atoms with van der Waals surface area (Å²) in [5.74, 6) is 0.476. The van der Waals surface area contributed by atoms with Crippen LogP contribution < -0.4 is 5.32 Å². The lowest BCUT2D eigenvalue weighted by atomic mass is 10.2. The summed E-state index contributed by atoms with van der Waals surface area (Å²) in [6.07, 6.45) is 2.55. The molecular formula is C12H19NO3S. The van der Waals surface area contributed by atoms with Crippen LogP contribution in [0.25, 0.3) is 0 Å². The third-order valence-corrected chi connectivity index (χ3v) is 3.34. The largest absolute Gasteiger partial charge is 0.504 e. The lowest BCUT2D eigenvalue weighted by Crippen LogP contribution is -2.26. The highest BCUT2D eigenvalue weighted by Gasteiger charge is 2.04. The highest BCUT2D eigenvalue weighted by atomic mass is 32.2. The van der Waals surface area contributed by atoms with E-state index in [0.29, 0.717) is 12.3 Å². The van der Waals surface area contributed by atoms with Crippen LogP contribution in [0.5, 0.6) is 11.5 Å². The Morgan fingerprint density at radius 2 is 2.06 bits per heavy atom. The van der Waals surface area contributed by atoms with Crippen molar-refractivity contribution in [3.8, 4) is 11.5 Å². The van der Waals surface area contributed by atoms with Crippen LogP contribution in [-0.2, 0) is 17.3 Å². The van der Waals surface area contributed by atoms with Crippen molar-refractivity contribution in [2.45, 2.75) is 25.9 Å². The molecule has 0 radical (unpaired) electrons. The Labute approximate surface area is 104 Å². The summed E-state index contributed by atoms with van der Waals surface area (Å²) in [6, 6.07) is 5.03. The molecule has 1 rings (SSSR count). The summed E-state index contributed by atoms with van der Waals surface area (Å²) < 4.78 is 10.9. The van der Waals surface area contributed by atoms with Crippen molar-refractivity contribution < 1.29 is 14.4 Å². The Kier molecular flexibility index (Phi) is 5.44. The van der Waals surface area contributed by atoms with Gasteiger partial charge < -0.3 is 15.5 Å². The van der Waals surface area contributed by atoms with Crippen molar-refractivity contribution in [3.63, 3.8) is 0 Å². The molecule has 0 heterocycles. The predicted octanol–water partition coefficient (Wildman–Crippen LogP) is 1.34. The van der Waals surface area contributed by atoms with E-state index in [1.807, 2.05) is 6.92 Å². The molecule has 1 aromatic rings.